The Hall–Kier alpha value is -2.77. The molecule has 2 aliphatic rings. The van der Waals surface area contributed by atoms with Crippen molar-refractivity contribution < 1.29 is 19.1 Å². The standard InChI is InChI=1S/C27H34ClN3O4/c1-29-14-16-30(17-15-29)25(32)18-27(20-35-22-10-8-21(28)9-11-22)12-5-13-31(19-27)26(33)23-6-3-4-7-24(23)34-2/h3-4,6-11H,5,12-20H2,1-2H3. The van der Waals surface area contributed by atoms with Crippen molar-refractivity contribution in [2.24, 2.45) is 5.41 Å². The average Bonchev–Trinajstić information content (AvgIpc) is 2.88. The summed E-state index contributed by atoms with van der Waals surface area (Å²) >= 11 is 6.03. The lowest BCUT2D eigenvalue weighted by atomic mass is 9.77. The maximum absolute atomic E-state index is 13.5. The summed E-state index contributed by atoms with van der Waals surface area (Å²) in [6.45, 7) is 4.65. The van der Waals surface area contributed by atoms with Gasteiger partial charge in [0.25, 0.3) is 5.91 Å². The Labute approximate surface area is 212 Å². The molecule has 0 saturated carbocycles. The monoisotopic (exact) mass is 499 g/mol. The first kappa shape index (κ1) is 25.3. The Balaban J connectivity index is 1.54. The zero-order valence-corrected chi connectivity index (χ0v) is 21.3. The Morgan fingerprint density at radius 1 is 0.971 bits per heavy atom. The molecule has 188 valence electrons. The average molecular weight is 500 g/mol. The molecule has 0 bridgehead atoms. The van der Waals surface area contributed by atoms with E-state index in [1.807, 2.05) is 34.1 Å². The number of likely N-dealkylation sites (tertiary alicyclic amines) is 1. The van der Waals surface area contributed by atoms with Crippen molar-refractivity contribution in [3.05, 3.63) is 59.1 Å². The highest BCUT2D eigenvalue weighted by Gasteiger charge is 2.41. The molecule has 0 aliphatic carbocycles. The summed E-state index contributed by atoms with van der Waals surface area (Å²) < 4.78 is 11.6. The number of halogens is 1. The molecule has 4 rings (SSSR count). The zero-order valence-electron chi connectivity index (χ0n) is 20.5. The lowest BCUT2D eigenvalue weighted by Gasteiger charge is -2.43. The van der Waals surface area contributed by atoms with E-state index in [0.717, 1.165) is 39.0 Å². The van der Waals surface area contributed by atoms with Crippen LogP contribution in [0.25, 0.3) is 0 Å². The number of amides is 2. The van der Waals surface area contributed by atoms with Gasteiger partial charge in [0.15, 0.2) is 0 Å². The molecule has 1 atom stereocenters. The number of piperidine rings is 1. The number of methoxy groups -OCH3 is 1. The van der Waals surface area contributed by atoms with Crippen LogP contribution in [0.4, 0.5) is 0 Å². The number of benzene rings is 2. The van der Waals surface area contributed by atoms with Crippen LogP contribution in [-0.2, 0) is 4.79 Å². The van der Waals surface area contributed by atoms with E-state index in [1.165, 1.54) is 0 Å². The third-order valence-corrected chi connectivity index (χ3v) is 7.28. The molecule has 0 spiro atoms. The third-order valence-electron chi connectivity index (χ3n) is 7.03. The minimum Gasteiger partial charge on any atom is -0.496 e. The molecule has 2 saturated heterocycles. The Morgan fingerprint density at radius 2 is 1.69 bits per heavy atom. The lowest BCUT2D eigenvalue weighted by Crippen LogP contribution is -2.53. The van der Waals surface area contributed by atoms with Crippen molar-refractivity contribution in [3.8, 4) is 11.5 Å². The Bertz CT molecular complexity index is 1020. The van der Waals surface area contributed by atoms with Gasteiger partial charge in [0, 0.05) is 56.1 Å². The van der Waals surface area contributed by atoms with Crippen LogP contribution in [0, 0.1) is 5.41 Å². The minimum atomic E-state index is -0.476. The topological polar surface area (TPSA) is 62.3 Å². The molecular formula is C27H34ClN3O4. The number of rotatable bonds is 7. The summed E-state index contributed by atoms with van der Waals surface area (Å²) in [5.74, 6) is 1.31. The molecule has 2 amide bonds. The van der Waals surface area contributed by atoms with Crippen LogP contribution in [0.15, 0.2) is 48.5 Å². The van der Waals surface area contributed by atoms with E-state index < -0.39 is 5.41 Å². The van der Waals surface area contributed by atoms with Crippen molar-refractivity contribution in [2.75, 3.05) is 60.0 Å². The Morgan fingerprint density at radius 3 is 2.40 bits per heavy atom. The van der Waals surface area contributed by atoms with E-state index in [0.29, 0.717) is 48.2 Å². The van der Waals surface area contributed by atoms with Crippen molar-refractivity contribution in [1.29, 1.82) is 0 Å². The van der Waals surface area contributed by atoms with E-state index in [2.05, 4.69) is 11.9 Å². The second-order valence-corrected chi connectivity index (χ2v) is 10.1. The largest absolute Gasteiger partial charge is 0.496 e. The van der Waals surface area contributed by atoms with Crippen molar-refractivity contribution in [1.82, 2.24) is 14.7 Å². The van der Waals surface area contributed by atoms with E-state index in [-0.39, 0.29) is 11.8 Å². The first-order chi connectivity index (χ1) is 16.9. The fourth-order valence-electron chi connectivity index (χ4n) is 4.94. The number of para-hydroxylation sites is 1. The smallest absolute Gasteiger partial charge is 0.257 e. The second-order valence-electron chi connectivity index (χ2n) is 9.63. The van der Waals surface area contributed by atoms with Crippen LogP contribution in [-0.4, -0.2) is 86.5 Å². The number of carbonyl (C=O) groups excluding carboxylic acids is 2. The van der Waals surface area contributed by atoms with Gasteiger partial charge in [-0.2, -0.15) is 0 Å². The van der Waals surface area contributed by atoms with E-state index in [9.17, 15) is 9.59 Å². The van der Waals surface area contributed by atoms with Gasteiger partial charge in [-0.15, -0.1) is 0 Å². The van der Waals surface area contributed by atoms with Gasteiger partial charge < -0.3 is 24.2 Å². The first-order valence-electron chi connectivity index (χ1n) is 12.2. The highest BCUT2D eigenvalue weighted by Crippen LogP contribution is 2.36. The predicted octanol–water partition coefficient (Wildman–Crippen LogP) is 3.81. The maximum Gasteiger partial charge on any atom is 0.257 e. The van der Waals surface area contributed by atoms with Gasteiger partial charge in [-0.05, 0) is 56.3 Å². The highest BCUT2D eigenvalue weighted by atomic mass is 35.5. The summed E-state index contributed by atoms with van der Waals surface area (Å²) in [5, 5.41) is 0.642. The lowest BCUT2D eigenvalue weighted by molar-refractivity contribution is -0.137. The Kier molecular flexibility index (Phi) is 8.19. The second kappa shape index (κ2) is 11.3. The SMILES string of the molecule is COc1ccccc1C(=O)N1CCCC(COc2ccc(Cl)cc2)(CC(=O)N2CCN(C)CC2)C1. The van der Waals surface area contributed by atoms with Crippen LogP contribution in [0.5, 0.6) is 11.5 Å². The van der Waals surface area contributed by atoms with Gasteiger partial charge >= 0.3 is 0 Å². The molecule has 2 aromatic carbocycles. The van der Waals surface area contributed by atoms with Gasteiger partial charge in [-0.1, -0.05) is 23.7 Å². The fraction of sp³-hybridized carbons (Fsp3) is 0.481. The zero-order chi connectivity index (χ0) is 24.8. The number of hydrogen-bond donors (Lipinski definition) is 0. The van der Waals surface area contributed by atoms with Crippen molar-refractivity contribution in [2.45, 2.75) is 19.3 Å². The van der Waals surface area contributed by atoms with Crippen molar-refractivity contribution >= 4 is 23.4 Å². The molecule has 2 fully saturated rings. The number of hydrogen-bond acceptors (Lipinski definition) is 5. The summed E-state index contributed by atoms with van der Waals surface area (Å²) in [6, 6.07) is 14.5. The maximum atomic E-state index is 13.5. The molecule has 2 aliphatic heterocycles. The minimum absolute atomic E-state index is 0.0786. The normalized spacial score (nSPS) is 21.0. The molecular weight excluding hydrogens is 466 g/mol. The summed E-state index contributed by atoms with van der Waals surface area (Å²) in [5.41, 5.74) is 0.0607. The molecule has 1 unspecified atom stereocenters. The molecule has 2 heterocycles. The molecule has 0 aromatic heterocycles. The van der Waals surface area contributed by atoms with Gasteiger partial charge in [0.1, 0.15) is 11.5 Å². The number of carbonyl (C=O) groups is 2. The van der Waals surface area contributed by atoms with Crippen LogP contribution >= 0.6 is 11.6 Å². The van der Waals surface area contributed by atoms with Gasteiger partial charge in [0.05, 0.1) is 19.3 Å². The van der Waals surface area contributed by atoms with Crippen LogP contribution in [0.1, 0.15) is 29.6 Å². The van der Waals surface area contributed by atoms with E-state index >= 15 is 0 Å². The molecule has 0 N–H and O–H groups in total. The van der Waals surface area contributed by atoms with Crippen molar-refractivity contribution in [3.63, 3.8) is 0 Å². The van der Waals surface area contributed by atoms with Crippen LogP contribution < -0.4 is 9.47 Å². The van der Waals surface area contributed by atoms with E-state index in [4.69, 9.17) is 21.1 Å². The predicted molar refractivity (Wildman–Crippen MR) is 136 cm³/mol. The van der Waals surface area contributed by atoms with Gasteiger partial charge in [0.2, 0.25) is 5.91 Å². The molecule has 35 heavy (non-hydrogen) atoms. The third kappa shape index (κ3) is 6.27. The summed E-state index contributed by atoms with van der Waals surface area (Å²) in [6.07, 6.45) is 1.97. The number of nitrogens with zero attached hydrogens (tertiary/aromatic N) is 3. The quantitative estimate of drug-likeness (QED) is 0.579. The van der Waals surface area contributed by atoms with Crippen LogP contribution in [0.3, 0.4) is 0 Å². The van der Waals surface area contributed by atoms with Gasteiger partial charge in [-0.3, -0.25) is 9.59 Å². The molecule has 7 nitrogen and oxygen atoms in total. The van der Waals surface area contributed by atoms with Crippen LogP contribution in [0.2, 0.25) is 5.02 Å². The molecule has 2 aromatic rings. The summed E-state index contributed by atoms with van der Waals surface area (Å²) in [7, 11) is 3.65. The fourth-order valence-corrected chi connectivity index (χ4v) is 5.07. The summed E-state index contributed by atoms with van der Waals surface area (Å²) in [4.78, 5) is 32.9. The van der Waals surface area contributed by atoms with Gasteiger partial charge in [-0.25, -0.2) is 0 Å². The highest BCUT2D eigenvalue weighted by molar-refractivity contribution is 6.30. The number of likely N-dealkylation sites (N-methyl/N-ethyl adjacent to an activating group) is 1. The molecule has 0 radical (unpaired) electrons. The molecule has 8 heteroatoms. The number of piperazine rings is 1. The first-order valence-corrected chi connectivity index (χ1v) is 12.5. The number of ether oxygens (including phenoxy) is 2. The van der Waals surface area contributed by atoms with E-state index in [1.54, 1.807) is 31.4 Å².